The van der Waals surface area contributed by atoms with Gasteiger partial charge in [0.1, 0.15) is 11.1 Å². The Morgan fingerprint density at radius 3 is 2.56 bits per heavy atom. The van der Waals surface area contributed by atoms with Gasteiger partial charge in [-0.15, -0.1) is 11.3 Å². The molecule has 0 radical (unpaired) electrons. The highest BCUT2D eigenvalue weighted by atomic mass is 32.1. The highest BCUT2D eigenvalue weighted by Gasteiger charge is 2.16. The van der Waals surface area contributed by atoms with Gasteiger partial charge in [-0.25, -0.2) is 4.98 Å². The molecule has 1 aromatic carbocycles. The summed E-state index contributed by atoms with van der Waals surface area (Å²) in [7, 11) is 0. The Hall–Kier alpha value is -1.66. The van der Waals surface area contributed by atoms with Crippen molar-refractivity contribution in [3.63, 3.8) is 0 Å². The molecule has 92 valence electrons. The molecule has 0 spiro atoms. The zero-order valence-electron chi connectivity index (χ0n) is 11.1. The first-order chi connectivity index (χ1) is 8.41. The molecular formula is C15H16N2S. The summed E-state index contributed by atoms with van der Waals surface area (Å²) >= 11 is 1.53. The Bertz CT molecular complexity index is 612. The van der Waals surface area contributed by atoms with E-state index >= 15 is 0 Å². The van der Waals surface area contributed by atoms with Crippen LogP contribution in [-0.4, -0.2) is 4.98 Å². The second kappa shape index (κ2) is 4.55. The molecule has 1 aromatic heterocycles. The van der Waals surface area contributed by atoms with Crippen LogP contribution in [0.2, 0.25) is 0 Å². The molecule has 0 aliphatic heterocycles. The van der Waals surface area contributed by atoms with Crippen LogP contribution in [0.3, 0.4) is 0 Å². The predicted octanol–water partition coefficient (Wildman–Crippen LogP) is 4.29. The van der Waals surface area contributed by atoms with E-state index in [2.05, 4.69) is 56.9 Å². The highest BCUT2D eigenvalue weighted by Crippen LogP contribution is 2.31. The Morgan fingerprint density at radius 2 is 2.00 bits per heavy atom. The average Bonchev–Trinajstić information content (AvgIpc) is 2.76. The average molecular weight is 256 g/mol. The zero-order chi connectivity index (χ0) is 13.3. The van der Waals surface area contributed by atoms with Crippen molar-refractivity contribution >= 4 is 11.3 Å². The van der Waals surface area contributed by atoms with Crippen molar-refractivity contribution < 1.29 is 0 Å². The molecule has 2 rings (SSSR count). The maximum atomic E-state index is 8.85. The molecule has 0 fully saturated rings. The third-order valence-electron chi connectivity index (χ3n) is 2.95. The number of nitriles is 1. The van der Waals surface area contributed by atoms with E-state index in [9.17, 15) is 0 Å². The van der Waals surface area contributed by atoms with Crippen LogP contribution in [0.4, 0.5) is 0 Å². The van der Waals surface area contributed by atoms with Crippen LogP contribution >= 0.6 is 11.3 Å². The first-order valence-corrected chi connectivity index (χ1v) is 6.77. The summed E-state index contributed by atoms with van der Waals surface area (Å²) in [6, 6.07) is 8.56. The SMILES string of the molecule is Cc1ccc(C(C)(C)C)cc1-c1nc(C#N)cs1. The number of hydrogen-bond donors (Lipinski definition) is 0. The minimum atomic E-state index is 0.123. The normalized spacial score (nSPS) is 11.3. The minimum absolute atomic E-state index is 0.123. The summed E-state index contributed by atoms with van der Waals surface area (Å²) in [4.78, 5) is 4.34. The lowest BCUT2D eigenvalue weighted by Gasteiger charge is -2.20. The quantitative estimate of drug-likeness (QED) is 0.763. The molecule has 3 heteroatoms. The number of thiazole rings is 1. The second-order valence-corrected chi connectivity index (χ2v) is 6.29. The Kier molecular flexibility index (Phi) is 3.23. The molecule has 0 aliphatic carbocycles. The maximum Gasteiger partial charge on any atom is 0.152 e. The van der Waals surface area contributed by atoms with E-state index in [0.717, 1.165) is 10.6 Å². The molecule has 2 aromatic rings. The minimum Gasteiger partial charge on any atom is -0.225 e. The van der Waals surface area contributed by atoms with E-state index in [1.54, 1.807) is 5.38 Å². The van der Waals surface area contributed by atoms with E-state index in [4.69, 9.17) is 5.26 Å². The second-order valence-electron chi connectivity index (χ2n) is 5.43. The lowest BCUT2D eigenvalue weighted by molar-refractivity contribution is 0.590. The van der Waals surface area contributed by atoms with Crippen molar-refractivity contribution in [1.82, 2.24) is 4.98 Å². The molecule has 18 heavy (non-hydrogen) atoms. The summed E-state index contributed by atoms with van der Waals surface area (Å²) in [5.41, 5.74) is 4.24. The monoisotopic (exact) mass is 256 g/mol. The maximum absolute atomic E-state index is 8.85. The predicted molar refractivity (Wildman–Crippen MR) is 75.7 cm³/mol. The summed E-state index contributed by atoms with van der Waals surface area (Å²) < 4.78 is 0. The summed E-state index contributed by atoms with van der Waals surface area (Å²) in [6.07, 6.45) is 0. The van der Waals surface area contributed by atoms with Gasteiger partial charge in [0.15, 0.2) is 5.69 Å². The zero-order valence-corrected chi connectivity index (χ0v) is 11.9. The van der Waals surface area contributed by atoms with E-state index in [1.165, 1.54) is 22.5 Å². The summed E-state index contributed by atoms with van der Waals surface area (Å²) in [6.45, 7) is 8.67. The van der Waals surface area contributed by atoms with Gasteiger partial charge in [0.25, 0.3) is 0 Å². The fourth-order valence-electron chi connectivity index (χ4n) is 1.77. The van der Waals surface area contributed by atoms with Crippen molar-refractivity contribution in [2.75, 3.05) is 0 Å². The van der Waals surface area contributed by atoms with Gasteiger partial charge in [0.05, 0.1) is 0 Å². The third-order valence-corrected chi connectivity index (χ3v) is 3.83. The fraction of sp³-hybridized carbons (Fsp3) is 0.333. The van der Waals surface area contributed by atoms with Crippen LogP contribution in [0.1, 0.15) is 37.6 Å². The van der Waals surface area contributed by atoms with Gasteiger partial charge in [-0.2, -0.15) is 5.26 Å². The van der Waals surface area contributed by atoms with E-state index < -0.39 is 0 Å². The molecule has 0 bridgehead atoms. The molecule has 0 unspecified atom stereocenters. The largest absolute Gasteiger partial charge is 0.225 e. The Labute approximate surface area is 112 Å². The standard InChI is InChI=1S/C15H16N2S/c1-10-5-6-11(15(2,3)4)7-13(10)14-17-12(8-16)9-18-14/h5-7,9H,1-4H3. The number of hydrogen-bond acceptors (Lipinski definition) is 3. The number of aromatic nitrogens is 1. The molecule has 0 amide bonds. The number of aryl methyl sites for hydroxylation is 1. The first kappa shape index (κ1) is 12.8. The van der Waals surface area contributed by atoms with Crippen molar-refractivity contribution in [2.24, 2.45) is 0 Å². The first-order valence-electron chi connectivity index (χ1n) is 5.89. The van der Waals surface area contributed by atoms with Gasteiger partial charge in [0, 0.05) is 10.9 Å². The molecule has 1 heterocycles. The van der Waals surface area contributed by atoms with Gasteiger partial charge >= 0.3 is 0 Å². The molecule has 0 aliphatic rings. The molecule has 0 atom stereocenters. The number of benzene rings is 1. The molecular weight excluding hydrogens is 240 g/mol. The third kappa shape index (κ3) is 2.44. The Morgan fingerprint density at radius 1 is 1.28 bits per heavy atom. The van der Waals surface area contributed by atoms with Crippen molar-refractivity contribution in [3.8, 4) is 16.6 Å². The van der Waals surface area contributed by atoms with Crippen LogP contribution in [0.15, 0.2) is 23.6 Å². The van der Waals surface area contributed by atoms with Crippen LogP contribution in [0, 0.1) is 18.3 Å². The van der Waals surface area contributed by atoms with Crippen molar-refractivity contribution in [3.05, 3.63) is 40.4 Å². The molecule has 2 nitrogen and oxygen atoms in total. The lowest BCUT2D eigenvalue weighted by atomic mass is 9.85. The van der Waals surface area contributed by atoms with Crippen LogP contribution < -0.4 is 0 Å². The van der Waals surface area contributed by atoms with E-state index in [0.29, 0.717) is 5.69 Å². The number of nitrogens with zero attached hydrogens (tertiary/aromatic N) is 2. The lowest BCUT2D eigenvalue weighted by Crippen LogP contribution is -2.11. The van der Waals surface area contributed by atoms with Gasteiger partial charge in [-0.3, -0.25) is 0 Å². The number of rotatable bonds is 1. The van der Waals surface area contributed by atoms with Gasteiger partial charge in [-0.1, -0.05) is 32.9 Å². The fourth-order valence-corrected chi connectivity index (χ4v) is 2.59. The van der Waals surface area contributed by atoms with E-state index in [-0.39, 0.29) is 5.41 Å². The van der Waals surface area contributed by atoms with Crippen molar-refractivity contribution in [1.29, 1.82) is 5.26 Å². The van der Waals surface area contributed by atoms with Gasteiger partial charge < -0.3 is 0 Å². The van der Waals surface area contributed by atoms with Crippen molar-refractivity contribution in [2.45, 2.75) is 33.1 Å². The van der Waals surface area contributed by atoms with Gasteiger partial charge in [-0.05, 0) is 29.5 Å². The highest BCUT2D eigenvalue weighted by molar-refractivity contribution is 7.13. The Balaban J connectivity index is 2.54. The smallest absolute Gasteiger partial charge is 0.152 e. The molecule has 0 saturated carbocycles. The van der Waals surface area contributed by atoms with Crippen LogP contribution in [-0.2, 0) is 5.41 Å². The van der Waals surface area contributed by atoms with Crippen LogP contribution in [0.25, 0.3) is 10.6 Å². The van der Waals surface area contributed by atoms with E-state index in [1.807, 2.05) is 0 Å². The summed E-state index contributed by atoms with van der Waals surface area (Å²) in [5, 5.41) is 11.6. The topological polar surface area (TPSA) is 36.7 Å². The molecule has 0 saturated heterocycles. The van der Waals surface area contributed by atoms with Gasteiger partial charge in [0.2, 0.25) is 0 Å². The molecule has 0 N–H and O–H groups in total. The summed E-state index contributed by atoms with van der Waals surface area (Å²) in [5.74, 6) is 0. The van der Waals surface area contributed by atoms with Crippen LogP contribution in [0.5, 0.6) is 0 Å².